The van der Waals surface area contributed by atoms with Crippen LogP contribution in [0.3, 0.4) is 0 Å². The van der Waals surface area contributed by atoms with Gasteiger partial charge in [0, 0.05) is 24.5 Å². The first-order valence-electron chi connectivity index (χ1n) is 8.73. The van der Waals surface area contributed by atoms with Crippen molar-refractivity contribution in [3.63, 3.8) is 0 Å². The van der Waals surface area contributed by atoms with Gasteiger partial charge in [-0.05, 0) is 44.0 Å². The van der Waals surface area contributed by atoms with Crippen molar-refractivity contribution in [3.05, 3.63) is 62.7 Å². The van der Waals surface area contributed by atoms with Crippen molar-refractivity contribution in [2.75, 3.05) is 11.4 Å². The first kappa shape index (κ1) is 17.9. The Morgan fingerprint density at radius 3 is 2.74 bits per heavy atom. The molecule has 0 N–H and O–H groups in total. The zero-order valence-electron chi connectivity index (χ0n) is 15.0. The van der Waals surface area contributed by atoms with Crippen LogP contribution in [0.4, 0.5) is 20.2 Å². The van der Waals surface area contributed by atoms with Gasteiger partial charge < -0.3 is 9.47 Å². The summed E-state index contributed by atoms with van der Waals surface area (Å²) in [4.78, 5) is 18.5. The van der Waals surface area contributed by atoms with E-state index in [2.05, 4.69) is 4.98 Å². The Hall–Kier alpha value is -2.47. The number of fused-ring (bicyclic) bond motifs is 2. The lowest BCUT2D eigenvalue weighted by Crippen LogP contribution is -2.26. The van der Waals surface area contributed by atoms with E-state index in [0.717, 1.165) is 23.0 Å². The average molecular weight is 390 g/mol. The molecule has 0 unspecified atom stereocenters. The number of halogens is 3. The van der Waals surface area contributed by atoms with Crippen molar-refractivity contribution in [2.24, 2.45) is 7.05 Å². The number of benzene rings is 1. The molecule has 0 saturated heterocycles. The maximum Gasteiger partial charge on any atom is 0.266 e. The molecular weight excluding hydrogens is 372 g/mol. The van der Waals surface area contributed by atoms with E-state index in [-0.39, 0.29) is 16.3 Å². The Balaban J connectivity index is 1.97. The Morgan fingerprint density at radius 2 is 2.00 bits per heavy atom. The normalized spacial score (nSPS) is 14.1. The maximum atomic E-state index is 13.3. The lowest BCUT2D eigenvalue weighted by molar-refractivity contribution is 0.151. The molecule has 3 heterocycles. The lowest BCUT2D eigenvalue weighted by Gasteiger charge is -2.32. The van der Waals surface area contributed by atoms with Gasteiger partial charge in [0.25, 0.3) is 12.0 Å². The number of hydrogen-bond donors (Lipinski definition) is 0. The zero-order chi connectivity index (χ0) is 19.3. The Labute approximate surface area is 160 Å². The summed E-state index contributed by atoms with van der Waals surface area (Å²) in [6.07, 6.45) is -1.15. The van der Waals surface area contributed by atoms with Crippen LogP contribution in [-0.2, 0) is 13.5 Å². The molecule has 0 atom stereocenters. The minimum absolute atomic E-state index is 0.0490. The van der Waals surface area contributed by atoms with Gasteiger partial charge in [0.1, 0.15) is 5.15 Å². The molecule has 0 aliphatic carbocycles. The first-order valence-corrected chi connectivity index (χ1v) is 9.10. The highest BCUT2D eigenvalue weighted by atomic mass is 35.5. The summed E-state index contributed by atoms with van der Waals surface area (Å²) in [5.41, 5.74) is 3.37. The number of pyridine rings is 2. The zero-order valence-corrected chi connectivity index (χ0v) is 15.7. The quantitative estimate of drug-likeness (QED) is 0.584. The van der Waals surface area contributed by atoms with Crippen LogP contribution in [0.2, 0.25) is 5.15 Å². The molecule has 4 nitrogen and oxygen atoms in total. The molecular formula is C20H18ClF2N3O. The molecule has 0 fully saturated rings. The molecule has 27 heavy (non-hydrogen) atoms. The highest BCUT2D eigenvalue weighted by molar-refractivity contribution is 6.30. The van der Waals surface area contributed by atoms with Crippen LogP contribution in [0.15, 0.2) is 35.1 Å². The van der Waals surface area contributed by atoms with Crippen LogP contribution in [0.25, 0.3) is 10.9 Å². The van der Waals surface area contributed by atoms with E-state index in [1.165, 1.54) is 6.07 Å². The fourth-order valence-corrected chi connectivity index (χ4v) is 3.98. The average Bonchev–Trinajstić information content (AvgIpc) is 2.64. The number of aromatic nitrogens is 2. The first-order chi connectivity index (χ1) is 12.9. The minimum atomic E-state index is -2.69. The molecule has 0 saturated carbocycles. The summed E-state index contributed by atoms with van der Waals surface area (Å²) < 4.78 is 28.3. The molecule has 1 aromatic carbocycles. The number of aryl methyl sites for hydroxylation is 3. The van der Waals surface area contributed by atoms with E-state index >= 15 is 0 Å². The van der Waals surface area contributed by atoms with E-state index in [1.54, 1.807) is 18.5 Å². The molecule has 7 heteroatoms. The van der Waals surface area contributed by atoms with E-state index in [0.29, 0.717) is 29.9 Å². The standard InChI is InChI=1S/C20H18ClF2N3O/c1-11-9-12-15(25(2)20(11)27)6-3-7-16(12)26-8-4-5-14-17(26)10-13(19(22)23)18(21)24-14/h3,6-7,9-10,19H,4-5,8H2,1-2H3. The van der Waals surface area contributed by atoms with Gasteiger partial charge in [-0.2, -0.15) is 0 Å². The summed E-state index contributed by atoms with van der Waals surface area (Å²) in [7, 11) is 1.74. The molecule has 0 bridgehead atoms. The van der Waals surface area contributed by atoms with Gasteiger partial charge in [-0.3, -0.25) is 4.79 Å². The summed E-state index contributed by atoms with van der Waals surface area (Å²) in [5, 5.41) is 0.764. The molecule has 0 amide bonds. The fourth-order valence-electron chi connectivity index (χ4n) is 3.75. The van der Waals surface area contributed by atoms with Gasteiger partial charge in [-0.1, -0.05) is 17.7 Å². The van der Waals surface area contributed by atoms with Gasteiger partial charge >= 0.3 is 0 Å². The topological polar surface area (TPSA) is 38.1 Å². The van der Waals surface area contributed by atoms with E-state index in [1.807, 2.05) is 29.2 Å². The van der Waals surface area contributed by atoms with Crippen LogP contribution >= 0.6 is 11.6 Å². The largest absolute Gasteiger partial charge is 0.339 e. The molecule has 2 aromatic heterocycles. The number of alkyl halides is 2. The monoisotopic (exact) mass is 389 g/mol. The van der Waals surface area contributed by atoms with Gasteiger partial charge in [0.15, 0.2) is 0 Å². The molecule has 0 spiro atoms. The van der Waals surface area contributed by atoms with Crippen molar-refractivity contribution in [3.8, 4) is 0 Å². The van der Waals surface area contributed by atoms with Crippen molar-refractivity contribution in [1.82, 2.24) is 9.55 Å². The van der Waals surface area contributed by atoms with Crippen LogP contribution in [0.1, 0.15) is 29.7 Å². The predicted molar refractivity (Wildman–Crippen MR) is 103 cm³/mol. The van der Waals surface area contributed by atoms with Crippen LogP contribution < -0.4 is 10.5 Å². The number of anilines is 2. The summed E-state index contributed by atoms with van der Waals surface area (Å²) in [5.74, 6) is 0. The second-order valence-electron chi connectivity index (χ2n) is 6.79. The smallest absolute Gasteiger partial charge is 0.266 e. The van der Waals surface area contributed by atoms with Crippen LogP contribution in [-0.4, -0.2) is 16.1 Å². The van der Waals surface area contributed by atoms with Crippen molar-refractivity contribution in [1.29, 1.82) is 0 Å². The second kappa shape index (κ2) is 6.60. The van der Waals surface area contributed by atoms with E-state index in [4.69, 9.17) is 11.6 Å². The van der Waals surface area contributed by atoms with Crippen molar-refractivity contribution >= 4 is 33.9 Å². The number of nitrogens with zero attached hydrogens (tertiary/aromatic N) is 3. The SMILES string of the molecule is Cc1cc2c(N3CCCc4nc(Cl)c(C(F)F)cc43)cccc2n(C)c1=O. The van der Waals surface area contributed by atoms with Crippen molar-refractivity contribution in [2.45, 2.75) is 26.2 Å². The highest BCUT2D eigenvalue weighted by Crippen LogP contribution is 2.39. The third kappa shape index (κ3) is 2.88. The highest BCUT2D eigenvalue weighted by Gasteiger charge is 2.25. The summed E-state index contributed by atoms with van der Waals surface area (Å²) >= 11 is 5.96. The number of rotatable bonds is 2. The molecule has 1 aliphatic rings. The third-order valence-electron chi connectivity index (χ3n) is 5.10. The van der Waals surface area contributed by atoms with E-state index < -0.39 is 6.43 Å². The Kier molecular flexibility index (Phi) is 4.38. The molecule has 140 valence electrons. The number of hydrogen-bond acceptors (Lipinski definition) is 3. The third-order valence-corrected chi connectivity index (χ3v) is 5.40. The Bertz CT molecular complexity index is 1110. The lowest BCUT2D eigenvalue weighted by atomic mass is 10.0. The van der Waals surface area contributed by atoms with Gasteiger partial charge in [-0.15, -0.1) is 0 Å². The minimum Gasteiger partial charge on any atom is -0.339 e. The molecule has 0 radical (unpaired) electrons. The predicted octanol–water partition coefficient (Wildman–Crippen LogP) is 4.92. The van der Waals surface area contributed by atoms with Gasteiger partial charge in [-0.25, -0.2) is 13.8 Å². The Morgan fingerprint density at radius 1 is 1.22 bits per heavy atom. The molecule has 4 rings (SSSR count). The second-order valence-corrected chi connectivity index (χ2v) is 7.15. The molecule has 1 aliphatic heterocycles. The molecule has 3 aromatic rings. The van der Waals surface area contributed by atoms with Crippen LogP contribution in [0.5, 0.6) is 0 Å². The van der Waals surface area contributed by atoms with E-state index in [9.17, 15) is 13.6 Å². The maximum absolute atomic E-state index is 13.3. The fraction of sp³-hybridized carbons (Fsp3) is 0.300. The van der Waals surface area contributed by atoms with Crippen LogP contribution in [0, 0.1) is 6.92 Å². The van der Waals surface area contributed by atoms with Crippen molar-refractivity contribution < 1.29 is 8.78 Å². The van der Waals surface area contributed by atoms with Gasteiger partial charge in [0.2, 0.25) is 0 Å². The summed E-state index contributed by atoms with van der Waals surface area (Å²) in [6.45, 7) is 2.46. The summed E-state index contributed by atoms with van der Waals surface area (Å²) in [6, 6.07) is 9.01. The van der Waals surface area contributed by atoms with Gasteiger partial charge in [0.05, 0.1) is 28.1 Å².